The van der Waals surface area contributed by atoms with Crippen molar-refractivity contribution in [2.45, 2.75) is 25.9 Å². The van der Waals surface area contributed by atoms with Crippen molar-refractivity contribution >= 4 is 40.1 Å². The standard InChI is InChI=1S/C31H34N6O4/c1-31(2)18-41-29(35-31)20-10-7-8-13-24(20)37(5)30(39)19-14-15-21(25(16-19)40-6)28(38)33-23-12-9-11-22-27(23)34-26(32-22)17-36(3)4/h7-16H,17-18H2,1-6H3,(H,32,34)(H,33,38). The average molecular weight is 555 g/mol. The minimum absolute atomic E-state index is 0.268. The third-order valence-corrected chi connectivity index (χ3v) is 6.74. The lowest BCUT2D eigenvalue weighted by molar-refractivity contribution is 0.0988. The number of fused-ring (bicyclic) bond motifs is 1. The van der Waals surface area contributed by atoms with Crippen LogP contribution in [0.15, 0.2) is 65.7 Å². The predicted molar refractivity (Wildman–Crippen MR) is 160 cm³/mol. The van der Waals surface area contributed by atoms with E-state index in [4.69, 9.17) is 9.47 Å². The first kappa shape index (κ1) is 27.9. The Morgan fingerprint density at radius 2 is 1.85 bits per heavy atom. The Morgan fingerprint density at radius 3 is 2.56 bits per heavy atom. The van der Waals surface area contributed by atoms with Crippen molar-refractivity contribution in [3.8, 4) is 5.75 Å². The second kappa shape index (κ2) is 11.1. The number of para-hydroxylation sites is 2. The predicted octanol–water partition coefficient (Wildman–Crippen LogP) is 4.72. The maximum atomic E-state index is 13.6. The van der Waals surface area contributed by atoms with Crippen molar-refractivity contribution in [3.05, 3.63) is 83.2 Å². The lowest BCUT2D eigenvalue weighted by Gasteiger charge is -2.21. The third-order valence-electron chi connectivity index (χ3n) is 6.74. The number of amides is 2. The molecule has 0 saturated heterocycles. The van der Waals surface area contributed by atoms with Gasteiger partial charge in [-0.25, -0.2) is 9.98 Å². The summed E-state index contributed by atoms with van der Waals surface area (Å²) in [6.07, 6.45) is 0. The zero-order chi connectivity index (χ0) is 29.3. The Balaban J connectivity index is 1.39. The quantitative estimate of drug-likeness (QED) is 0.326. The molecular weight excluding hydrogens is 520 g/mol. The number of hydrogen-bond acceptors (Lipinski definition) is 7. The Bertz CT molecular complexity index is 1660. The molecule has 5 rings (SSSR count). The van der Waals surface area contributed by atoms with Gasteiger partial charge in [-0.3, -0.25) is 9.59 Å². The van der Waals surface area contributed by atoms with Gasteiger partial charge in [0.25, 0.3) is 11.8 Å². The van der Waals surface area contributed by atoms with Gasteiger partial charge in [-0.1, -0.05) is 18.2 Å². The summed E-state index contributed by atoms with van der Waals surface area (Å²) in [5.41, 5.74) is 3.81. The number of hydrogen-bond donors (Lipinski definition) is 2. The summed E-state index contributed by atoms with van der Waals surface area (Å²) in [6, 6.07) is 17.8. The number of imidazole rings is 1. The molecule has 0 radical (unpaired) electrons. The van der Waals surface area contributed by atoms with Crippen LogP contribution in [0, 0.1) is 0 Å². The molecule has 0 spiro atoms. The van der Waals surface area contributed by atoms with Crippen LogP contribution in [-0.2, 0) is 11.3 Å². The lowest BCUT2D eigenvalue weighted by Crippen LogP contribution is -2.28. The van der Waals surface area contributed by atoms with Crippen LogP contribution in [0.5, 0.6) is 5.75 Å². The smallest absolute Gasteiger partial charge is 0.259 e. The summed E-state index contributed by atoms with van der Waals surface area (Å²) < 4.78 is 11.4. The maximum absolute atomic E-state index is 13.6. The number of H-pyrrole nitrogens is 1. The van der Waals surface area contributed by atoms with Gasteiger partial charge in [-0.15, -0.1) is 0 Å². The number of aromatic nitrogens is 2. The van der Waals surface area contributed by atoms with E-state index in [-0.39, 0.29) is 23.1 Å². The number of carbonyl (C=O) groups is 2. The summed E-state index contributed by atoms with van der Waals surface area (Å²) in [6.45, 7) is 5.11. The molecule has 0 bridgehead atoms. The van der Waals surface area contributed by atoms with Gasteiger partial charge in [0.1, 0.15) is 23.7 Å². The third kappa shape index (κ3) is 5.78. The minimum Gasteiger partial charge on any atom is -0.496 e. The number of ether oxygens (including phenoxy) is 2. The van der Waals surface area contributed by atoms with Gasteiger partial charge in [0, 0.05) is 12.6 Å². The van der Waals surface area contributed by atoms with Crippen LogP contribution in [0.3, 0.4) is 0 Å². The topological polar surface area (TPSA) is 112 Å². The number of nitrogens with one attached hydrogen (secondary N) is 2. The normalized spacial score (nSPS) is 14.1. The number of carbonyl (C=O) groups excluding carboxylic acids is 2. The number of aromatic amines is 1. The molecule has 1 aromatic heterocycles. The first-order chi connectivity index (χ1) is 19.6. The number of aliphatic imine (C=N–C) groups is 1. The molecule has 0 fully saturated rings. The largest absolute Gasteiger partial charge is 0.496 e. The second-order valence-electron chi connectivity index (χ2n) is 10.9. The van der Waals surface area contributed by atoms with E-state index in [1.165, 1.54) is 7.11 Å². The molecule has 2 heterocycles. The van der Waals surface area contributed by atoms with Gasteiger partial charge in [0.05, 0.1) is 47.2 Å². The van der Waals surface area contributed by atoms with E-state index in [1.54, 1.807) is 36.2 Å². The minimum atomic E-state index is -0.372. The zero-order valence-electron chi connectivity index (χ0n) is 24.1. The zero-order valence-corrected chi connectivity index (χ0v) is 24.1. The lowest BCUT2D eigenvalue weighted by atomic mass is 10.1. The van der Waals surface area contributed by atoms with Crippen molar-refractivity contribution in [3.63, 3.8) is 0 Å². The van der Waals surface area contributed by atoms with Crippen LogP contribution in [0.2, 0.25) is 0 Å². The molecule has 41 heavy (non-hydrogen) atoms. The van der Waals surface area contributed by atoms with E-state index in [0.717, 1.165) is 16.9 Å². The van der Waals surface area contributed by atoms with Gasteiger partial charge in [-0.05, 0) is 70.4 Å². The molecule has 212 valence electrons. The van der Waals surface area contributed by atoms with Crippen LogP contribution in [0.1, 0.15) is 46.0 Å². The molecule has 1 aliphatic heterocycles. The van der Waals surface area contributed by atoms with E-state index in [9.17, 15) is 9.59 Å². The highest BCUT2D eigenvalue weighted by molar-refractivity contribution is 6.13. The highest BCUT2D eigenvalue weighted by atomic mass is 16.5. The maximum Gasteiger partial charge on any atom is 0.259 e. The van der Waals surface area contributed by atoms with Crippen LogP contribution >= 0.6 is 0 Å². The molecule has 10 heteroatoms. The second-order valence-corrected chi connectivity index (χ2v) is 10.9. The highest BCUT2D eigenvalue weighted by Gasteiger charge is 2.29. The SMILES string of the molecule is COc1cc(C(=O)N(C)c2ccccc2C2=NC(C)(C)CO2)ccc1C(=O)Nc1cccc2[nH]c(CN(C)C)nc12. The van der Waals surface area contributed by atoms with Crippen LogP contribution in [0.4, 0.5) is 11.4 Å². The fraction of sp³-hybridized carbons (Fsp3) is 0.290. The summed E-state index contributed by atoms with van der Waals surface area (Å²) >= 11 is 0. The van der Waals surface area contributed by atoms with E-state index in [0.29, 0.717) is 47.1 Å². The highest BCUT2D eigenvalue weighted by Crippen LogP contribution is 2.29. The average Bonchev–Trinajstić information content (AvgIpc) is 3.53. The van der Waals surface area contributed by atoms with Crippen molar-refractivity contribution in [2.24, 2.45) is 4.99 Å². The monoisotopic (exact) mass is 554 g/mol. The molecule has 3 aromatic carbocycles. The summed E-state index contributed by atoms with van der Waals surface area (Å²) in [5.74, 6) is 0.949. The Kier molecular flexibility index (Phi) is 7.51. The van der Waals surface area contributed by atoms with Gasteiger partial charge >= 0.3 is 0 Å². The van der Waals surface area contributed by atoms with E-state index in [1.807, 2.05) is 69.2 Å². The Morgan fingerprint density at radius 1 is 1.07 bits per heavy atom. The van der Waals surface area contributed by atoms with Crippen LogP contribution in [0.25, 0.3) is 11.0 Å². The van der Waals surface area contributed by atoms with E-state index < -0.39 is 0 Å². The van der Waals surface area contributed by atoms with Gasteiger partial charge in [0.2, 0.25) is 5.90 Å². The molecule has 0 saturated carbocycles. The van der Waals surface area contributed by atoms with Crippen molar-refractivity contribution in [1.82, 2.24) is 14.9 Å². The van der Waals surface area contributed by atoms with Crippen molar-refractivity contribution in [1.29, 1.82) is 0 Å². The number of nitrogens with zero attached hydrogens (tertiary/aromatic N) is 4. The molecule has 2 amide bonds. The van der Waals surface area contributed by atoms with Gasteiger partial charge < -0.3 is 29.6 Å². The number of methoxy groups -OCH3 is 1. The van der Waals surface area contributed by atoms with E-state index in [2.05, 4.69) is 20.3 Å². The number of benzene rings is 3. The fourth-order valence-corrected chi connectivity index (χ4v) is 4.73. The van der Waals surface area contributed by atoms with Crippen LogP contribution in [-0.4, -0.2) is 73.0 Å². The first-order valence-corrected chi connectivity index (χ1v) is 13.3. The van der Waals surface area contributed by atoms with Crippen LogP contribution < -0.4 is 15.0 Å². The molecule has 10 nitrogen and oxygen atoms in total. The number of rotatable bonds is 8. The van der Waals surface area contributed by atoms with Crippen molar-refractivity contribution in [2.75, 3.05) is 45.1 Å². The van der Waals surface area contributed by atoms with Crippen molar-refractivity contribution < 1.29 is 19.1 Å². The van der Waals surface area contributed by atoms with E-state index >= 15 is 0 Å². The molecule has 1 aliphatic rings. The Hall–Kier alpha value is -4.70. The summed E-state index contributed by atoms with van der Waals surface area (Å²) in [4.78, 5) is 43.1. The van der Waals surface area contributed by atoms with Gasteiger partial charge in [-0.2, -0.15) is 0 Å². The summed E-state index contributed by atoms with van der Waals surface area (Å²) in [7, 11) is 7.10. The molecule has 4 aromatic rings. The molecule has 0 aliphatic carbocycles. The number of anilines is 2. The molecule has 0 atom stereocenters. The molecule has 0 unspecified atom stereocenters. The van der Waals surface area contributed by atoms with Gasteiger partial charge in [0.15, 0.2) is 0 Å². The fourth-order valence-electron chi connectivity index (χ4n) is 4.73. The summed E-state index contributed by atoms with van der Waals surface area (Å²) in [5, 5.41) is 2.95. The Labute approximate surface area is 239 Å². The molecule has 2 N–H and O–H groups in total. The molecular formula is C31H34N6O4. The first-order valence-electron chi connectivity index (χ1n) is 13.3.